The highest BCUT2D eigenvalue weighted by Gasteiger charge is 2.12. The van der Waals surface area contributed by atoms with Crippen LogP contribution in [0, 0.1) is 0 Å². The number of aryl methyl sites for hydroxylation is 1. The Labute approximate surface area is 112 Å². The Morgan fingerprint density at radius 2 is 2.11 bits per heavy atom. The zero-order valence-corrected chi connectivity index (χ0v) is 11.0. The molecule has 100 valence electrons. The molecule has 0 atom stereocenters. The summed E-state index contributed by atoms with van der Waals surface area (Å²) in [7, 11) is 0. The Hall–Kier alpha value is -2.30. The van der Waals surface area contributed by atoms with Crippen LogP contribution in [0.2, 0.25) is 0 Å². The molecule has 1 heterocycles. The van der Waals surface area contributed by atoms with E-state index >= 15 is 0 Å². The predicted molar refractivity (Wildman–Crippen MR) is 74.8 cm³/mol. The molecule has 0 saturated carbocycles. The van der Waals surface area contributed by atoms with Crippen molar-refractivity contribution in [3.05, 3.63) is 47.7 Å². The summed E-state index contributed by atoms with van der Waals surface area (Å²) < 4.78 is 1.60. The molecule has 0 aliphatic rings. The summed E-state index contributed by atoms with van der Waals surface area (Å²) in [5.41, 5.74) is 7.31. The van der Waals surface area contributed by atoms with Gasteiger partial charge in [-0.15, -0.1) is 0 Å². The number of nitrogens with one attached hydrogen (secondary N) is 1. The molecule has 0 spiro atoms. The number of anilines is 1. The second-order valence-corrected chi connectivity index (χ2v) is 4.26. The topological polar surface area (TPSA) is 72.9 Å². The summed E-state index contributed by atoms with van der Waals surface area (Å²) >= 11 is 0. The van der Waals surface area contributed by atoms with E-state index in [0.29, 0.717) is 24.6 Å². The van der Waals surface area contributed by atoms with Gasteiger partial charge in [0.05, 0.1) is 0 Å². The third kappa shape index (κ3) is 3.34. The van der Waals surface area contributed by atoms with Crippen LogP contribution in [0.5, 0.6) is 0 Å². The van der Waals surface area contributed by atoms with Gasteiger partial charge in [-0.3, -0.25) is 9.48 Å². The second-order valence-electron chi connectivity index (χ2n) is 4.26. The van der Waals surface area contributed by atoms with Crippen molar-refractivity contribution >= 4 is 11.7 Å². The van der Waals surface area contributed by atoms with Crippen LogP contribution < -0.4 is 11.1 Å². The normalized spacial score (nSPS) is 10.4. The van der Waals surface area contributed by atoms with E-state index in [1.54, 1.807) is 10.7 Å². The van der Waals surface area contributed by atoms with E-state index in [-0.39, 0.29) is 5.91 Å². The monoisotopic (exact) mass is 258 g/mol. The first-order valence-corrected chi connectivity index (χ1v) is 6.36. The largest absolute Gasteiger partial charge is 0.382 e. The van der Waals surface area contributed by atoms with E-state index in [1.165, 1.54) is 5.56 Å². The van der Waals surface area contributed by atoms with Crippen molar-refractivity contribution in [2.45, 2.75) is 19.9 Å². The van der Waals surface area contributed by atoms with Crippen LogP contribution in [-0.2, 0) is 13.0 Å². The van der Waals surface area contributed by atoms with E-state index in [1.807, 2.05) is 37.3 Å². The molecule has 0 saturated heterocycles. The SMILES string of the molecule is CCn1nc(N)cc1C(=O)NCCc1ccccc1. The van der Waals surface area contributed by atoms with E-state index < -0.39 is 0 Å². The van der Waals surface area contributed by atoms with Gasteiger partial charge in [0, 0.05) is 19.2 Å². The molecule has 1 aromatic carbocycles. The molecule has 0 bridgehead atoms. The number of benzene rings is 1. The highest BCUT2D eigenvalue weighted by molar-refractivity contribution is 5.93. The number of hydrogen-bond donors (Lipinski definition) is 2. The molecule has 1 aromatic heterocycles. The van der Waals surface area contributed by atoms with Crippen LogP contribution in [-0.4, -0.2) is 22.2 Å². The first-order valence-electron chi connectivity index (χ1n) is 6.36. The fourth-order valence-electron chi connectivity index (χ4n) is 1.92. The molecule has 2 aromatic rings. The molecule has 1 amide bonds. The average molecular weight is 258 g/mol. The minimum atomic E-state index is -0.137. The number of carbonyl (C=O) groups is 1. The number of nitrogens with zero attached hydrogens (tertiary/aromatic N) is 2. The number of hydrogen-bond acceptors (Lipinski definition) is 3. The average Bonchev–Trinajstić information content (AvgIpc) is 2.81. The van der Waals surface area contributed by atoms with E-state index in [2.05, 4.69) is 10.4 Å². The third-order valence-electron chi connectivity index (χ3n) is 2.87. The first kappa shape index (κ1) is 13.1. The summed E-state index contributed by atoms with van der Waals surface area (Å²) in [5, 5.41) is 6.93. The van der Waals surface area contributed by atoms with E-state index in [9.17, 15) is 4.79 Å². The first-order chi connectivity index (χ1) is 9.20. The zero-order chi connectivity index (χ0) is 13.7. The summed E-state index contributed by atoms with van der Waals surface area (Å²) in [6.45, 7) is 3.14. The predicted octanol–water partition coefficient (Wildman–Crippen LogP) is 1.46. The highest BCUT2D eigenvalue weighted by Crippen LogP contribution is 2.06. The van der Waals surface area contributed by atoms with Crippen molar-refractivity contribution in [3.8, 4) is 0 Å². The summed E-state index contributed by atoms with van der Waals surface area (Å²) in [6.07, 6.45) is 0.808. The van der Waals surface area contributed by atoms with Gasteiger partial charge in [0.15, 0.2) is 0 Å². The maximum absolute atomic E-state index is 12.0. The van der Waals surface area contributed by atoms with Crippen molar-refractivity contribution in [3.63, 3.8) is 0 Å². The Morgan fingerprint density at radius 3 is 2.79 bits per heavy atom. The van der Waals surface area contributed by atoms with Gasteiger partial charge in [0.2, 0.25) is 0 Å². The smallest absolute Gasteiger partial charge is 0.269 e. The molecule has 0 fully saturated rings. The molecular formula is C14H18N4O. The number of carbonyl (C=O) groups excluding carboxylic acids is 1. The number of amides is 1. The molecule has 19 heavy (non-hydrogen) atoms. The maximum Gasteiger partial charge on any atom is 0.269 e. The fourth-order valence-corrected chi connectivity index (χ4v) is 1.92. The lowest BCUT2D eigenvalue weighted by Gasteiger charge is -2.06. The molecule has 5 nitrogen and oxygen atoms in total. The lowest BCUT2D eigenvalue weighted by atomic mass is 10.1. The molecule has 0 unspecified atom stereocenters. The minimum absolute atomic E-state index is 0.137. The van der Waals surface area contributed by atoms with Crippen LogP contribution in [0.4, 0.5) is 5.82 Å². The van der Waals surface area contributed by atoms with Gasteiger partial charge in [-0.1, -0.05) is 30.3 Å². The van der Waals surface area contributed by atoms with Gasteiger partial charge >= 0.3 is 0 Å². The lowest BCUT2D eigenvalue weighted by Crippen LogP contribution is -2.28. The maximum atomic E-state index is 12.0. The van der Waals surface area contributed by atoms with Crippen molar-refractivity contribution in [2.75, 3.05) is 12.3 Å². The number of aromatic nitrogens is 2. The Kier molecular flexibility index (Phi) is 4.18. The summed E-state index contributed by atoms with van der Waals surface area (Å²) in [5.74, 6) is 0.233. The van der Waals surface area contributed by atoms with Crippen molar-refractivity contribution in [1.82, 2.24) is 15.1 Å². The van der Waals surface area contributed by atoms with E-state index in [0.717, 1.165) is 6.42 Å². The Morgan fingerprint density at radius 1 is 1.37 bits per heavy atom. The molecule has 3 N–H and O–H groups in total. The molecule has 0 aliphatic heterocycles. The van der Waals surface area contributed by atoms with Gasteiger partial charge < -0.3 is 11.1 Å². The van der Waals surface area contributed by atoms with Gasteiger partial charge in [-0.2, -0.15) is 5.10 Å². The molecule has 2 rings (SSSR count). The van der Waals surface area contributed by atoms with Gasteiger partial charge in [0.25, 0.3) is 5.91 Å². The van der Waals surface area contributed by atoms with Crippen LogP contribution in [0.1, 0.15) is 23.0 Å². The minimum Gasteiger partial charge on any atom is -0.382 e. The van der Waals surface area contributed by atoms with Crippen LogP contribution in [0.25, 0.3) is 0 Å². The molecule has 0 aliphatic carbocycles. The van der Waals surface area contributed by atoms with E-state index in [4.69, 9.17) is 5.73 Å². The Balaban J connectivity index is 1.91. The number of nitrogen functional groups attached to an aromatic ring is 1. The quantitative estimate of drug-likeness (QED) is 0.852. The van der Waals surface area contributed by atoms with Crippen LogP contribution in [0.15, 0.2) is 36.4 Å². The van der Waals surface area contributed by atoms with Gasteiger partial charge in [0.1, 0.15) is 11.5 Å². The lowest BCUT2D eigenvalue weighted by molar-refractivity contribution is 0.0943. The molecule has 5 heteroatoms. The number of rotatable bonds is 5. The third-order valence-corrected chi connectivity index (χ3v) is 2.87. The Bertz CT molecular complexity index is 548. The molecule has 0 radical (unpaired) electrons. The van der Waals surface area contributed by atoms with Crippen molar-refractivity contribution in [1.29, 1.82) is 0 Å². The standard InChI is InChI=1S/C14H18N4O/c1-2-18-12(10-13(15)17-18)14(19)16-9-8-11-6-4-3-5-7-11/h3-7,10H,2,8-9H2,1H3,(H2,15,17)(H,16,19). The zero-order valence-electron chi connectivity index (χ0n) is 11.0. The van der Waals surface area contributed by atoms with Gasteiger partial charge in [-0.05, 0) is 18.9 Å². The second kappa shape index (κ2) is 6.04. The highest BCUT2D eigenvalue weighted by atomic mass is 16.2. The van der Waals surface area contributed by atoms with Crippen LogP contribution >= 0.6 is 0 Å². The molecular weight excluding hydrogens is 240 g/mol. The summed E-state index contributed by atoms with van der Waals surface area (Å²) in [4.78, 5) is 12.0. The number of nitrogens with two attached hydrogens (primary N) is 1. The summed E-state index contributed by atoms with van der Waals surface area (Å²) in [6, 6.07) is 11.6. The van der Waals surface area contributed by atoms with Crippen molar-refractivity contribution < 1.29 is 4.79 Å². The fraction of sp³-hybridized carbons (Fsp3) is 0.286. The van der Waals surface area contributed by atoms with Gasteiger partial charge in [-0.25, -0.2) is 0 Å². The van der Waals surface area contributed by atoms with Crippen LogP contribution in [0.3, 0.4) is 0 Å². The van der Waals surface area contributed by atoms with Crippen molar-refractivity contribution in [2.24, 2.45) is 0 Å².